The highest BCUT2D eigenvalue weighted by atomic mass is 35.5. The summed E-state index contributed by atoms with van der Waals surface area (Å²) >= 11 is 13.6. The van der Waals surface area contributed by atoms with Crippen LogP contribution in [0.2, 0.25) is 10.0 Å². The van der Waals surface area contributed by atoms with Crippen LogP contribution in [0.4, 0.5) is 0 Å². The van der Waals surface area contributed by atoms with E-state index in [1.54, 1.807) is 11.8 Å². The van der Waals surface area contributed by atoms with Gasteiger partial charge in [0.2, 0.25) is 0 Å². The molecule has 0 saturated carbocycles. The summed E-state index contributed by atoms with van der Waals surface area (Å²) in [6.45, 7) is 2.09. The van der Waals surface area contributed by atoms with Gasteiger partial charge >= 0.3 is 0 Å². The van der Waals surface area contributed by atoms with Gasteiger partial charge in [-0.3, -0.25) is 0 Å². The maximum absolute atomic E-state index is 6.00. The molecule has 100 valence electrons. The van der Waals surface area contributed by atoms with E-state index in [2.05, 4.69) is 31.2 Å². The number of hydrogen-bond donors (Lipinski definition) is 1. The molecular formula is C15H15Cl2NS. The van der Waals surface area contributed by atoms with E-state index in [0.29, 0.717) is 10.0 Å². The van der Waals surface area contributed by atoms with Gasteiger partial charge in [0.1, 0.15) is 0 Å². The highest BCUT2D eigenvalue weighted by molar-refractivity contribution is 7.99. The van der Waals surface area contributed by atoms with E-state index in [-0.39, 0.29) is 6.04 Å². The van der Waals surface area contributed by atoms with E-state index in [4.69, 9.17) is 28.9 Å². The summed E-state index contributed by atoms with van der Waals surface area (Å²) in [6, 6.07) is 14.1. The molecule has 0 amide bonds. The SMILES string of the molecule is CCC(N)c1ccc(Sc2ccc(Cl)c(Cl)c2)cc1. The molecule has 0 radical (unpaired) electrons. The van der Waals surface area contributed by atoms with Gasteiger partial charge in [0, 0.05) is 15.8 Å². The van der Waals surface area contributed by atoms with Gasteiger partial charge in [-0.1, -0.05) is 54.0 Å². The standard InChI is InChI=1S/C15H15Cl2NS/c1-2-15(18)10-3-5-11(6-4-10)19-12-7-8-13(16)14(17)9-12/h3-9,15H,2,18H2,1H3. The number of nitrogens with two attached hydrogens (primary N) is 1. The summed E-state index contributed by atoms with van der Waals surface area (Å²) in [7, 11) is 0. The van der Waals surface area contributed by atoms with Crippen LogP contribution in [0.1, 0.15) is 24.9 Å². The van der Waals surface area contributed by atoms with Crippen LogP contribution in [-0.2, 0) is 0 Å². The summed E-state index contributed by atoms with van der Waals surface area (Å²) in [6.07, 6.45) is 0.944. The fourth-order valence-electron chi connectivity index (χ4n) is 1.70. The normalized spacial score (nSPS) is 12.4. The zero-order valence-corrected chi connectivity index (χ0v) is 12.9. The molecule has 19 heavy (non-hydrogen) atoms. The minimum atomic E-state index is 0.115. The Hall–Kier alpha value is -0.670. The molecule has 0 aliphatic carbocycles. The molecule has 0 saturated heterocycles. The third kappa shape index (κ3) is 3.90. The quantitative estimate of drug-likeness (QED) is 0.800. The minimum Gasteiger partial charge on any atom is -0.324 e. The van der Waals surface area contributed by atoms with E-state index in [9.17, 15) is 0 Å². The molecule has 2 aromatic rings. The van der Waals surface area contributed by atoms with Gasteiger partial charge in [-0.15, -0.1) is 0 Å². The van der Waals surface area contributed by atoms with Crippen molar-refractivity contribution >= 4 is 35.0 Å². The van der Waals surface area contributed by atoms with Crippen molar-refractivity contribution in [3.05, 3.63) is 58.1 Å². The van der Waals surface area contributed by atoms with Crippen molar-refractivity contribution in [1.82, 2.24) is 0 Å². The van der Waals surface area contributed by atoms with Gasteiger partial charge in [-0.2, -0.15) is 0 Å². The third-order valence-corrected chi connectivity index (χ3v) is 4.61. The van der Waals surface area contributed by atoms with Crippen LogP contribution >= 0.6 is 35.0 Å². The van der Waals surface area contributed by atoms with Gasteiger partial charge < -0.3 is 5.73 Å². The third-order valence-electron chi connectivity index (χ3n) is 2.87. The van der Waals surface area contributed by atoms with E-state index < -0.39 is 0 Å². The molecule has 1 atom stereocenters. The van der Waals surface area contributed by atoms with E-state index in [1.165, 1.54) is 5.56 Å². The Morgan fingerprint density at radius 3 is 2.21 bits per heavy atom. The first-order valence-corrected chi connectivity index (χ1v) is 7.66. The van der Waals surface area contributed by atoms with Gasteiger partial charge in [0.15, 0.2) is 0 Å². The lowest BCUT2D eigenvalue weighted by Crippen LogP contribution is -2.07. The van der Waals surface area contributed by atoms with E-state index >= 15 is 0 Å². The maximum Gasteiger partial charge on any atom is 0.0603 e. The molecule has 0 aromatic heterocycles. The van der Waals surface area contributed by atoms with Crippen molar-refractivity contribution in [1.29, 1.82) is 0 Å². The first kappa shape index (κ1) is 14.7. The summed E-state index contributed by atoms with van der Waals surface area (Å²) in [5, 5.41) is 1.16. The van der Waals surface area contributed by atoms with Crippen LogP contribution in [0.3, 0.4) is 0 Å². The fraction of sp³-hybridized carbons (Fsp3) is 0.200. The van der Waals surface area contributed by atoms with Crippen molar-refractivity contribution in [2.45, 2.75) is 29.2 Å². The molecular weight excluding hydrogens is 297 g/mol. The molecule has 2 rings (SSSR count). The van der Waals surface area contributed by atoms with Crippen LogP contribution < -0.4 is 5.73 Å². The fourth-order valence-corrected chi connectivity index (χ4v) is 2.92. The molecule has 0 bridgehead atoms. The second kappa shape index (κ2) is 6.67. The number of halogens is 2. The molecule has 4 heteroatoms. The Labute approximate surface area is 128 Å². The summed E-state index contributed by atoms with van der Waals surface area (Å²) in [5.41, 5.74) is 7.16. The Morgan fingerprint density at radius 2 is 1.63 bits per heavy atom. The van der Waals surface area contributed by atoms with E-state index in [1.807, 2.05) is 18.2 Å². The molecule has 0 fully saturated rings. The predicted molar refractivity (Wildman–Crippen MR) is 84.2 cm³/mol. The molecule has 0 spiro atoms. The van der Waals surface area contributed by atoms with Crippen molar-refractivity contribution in [2.75, 3.05) is 0 Å². The van der Waals surface area contributed by atoms with Crippen molar-refractivity contribution < 1.29 is 0 Å². The molecule has 2 aromatic carbocycles. The minimum absolute atomic E-state index is 0.115. The smallest absolute Gasteiger partial charge is 0.0603 e. The average Bonchev–Trinajstić information content (AvgIpc) is 2.43. The second-order valence-corrected chi connectivity index (χ2v) is 6.22. The van der Waals surface area contributed by atoms with Crippen molar-refractivity contribution in [3.8, 4) is 0 Å². The zero-order chi connectivity index (χ0) is 13.8. The molecule has 1 nitrogen and oxygen atoms in total. The van der Waals surface area contributed by atoms with Gasteiger partial charge in [-0.05, 0) is 42.3 Å². The lowest BCUT2D eigenvalue weighted by molar-refractivity contribution is 0.698. The van der Waals surface area contributed by atoms with Crippen LogP contribution in [0.25, 0.3) is 0 Å². The predicted octanol–water partition coefficient (Wildman–Crippen LogP) is 5.55. The van der Waals surface area contributed by atoms with Gasteiger partial charge in [-0.25, -0.2) is 0 Å². The summed E-state index contributed by atoms with van der Waals surface area (Å²) in [4.78, 5) is 2.23. The highest BCUT2D eigenvalue weighted by Gasteiger charge is 2.05. The molecule has 0 aliphatic heterocycles. The van der Waals surface area contributed by atoms with Gasteiger partial charge in [0.05, 0.1) is 10.0 Å². The highest BCUT2D eigenvalue weighted by Crippen LogP contribution is 2.32. The van der Waals surface area contributed by atoms with Gasteiger partial charge in [0.25, 0.3) is 0 Å². The Balaban J connectivity index is 2.12. The Morgan fingerprint density at radius 1 is 1.00 bits per heavy atom. The van der Waals surface area contributed by atoms with Crippen molar-refractivity contribution in [2.24, 2.45) is 5.73 Å². The van der Waals surface area contributed by atoms with Crippen LogP contribution in [0.15, 0.2) is 52.3 Å². The molecule has 2 N–H and O–H groups in total. The number of rotatable bonds is 4. The Kier molecular flexibility index (Phi) is 5.17. The van der Waals surface area contributed by atoms with Crippen LogP contribution in [0, 0.1) is 0 Å². The number of hydrogen-bond acceptors (Lipinski definition) is 2. The molecule has 0 heterocycles. The van der Waals surface area contributed by atoms with Crippen LogP contribution in [0.5, 0.6) is 0 Å². The summed E-state index contributed by atoms with van der Waals surface area (Å²) < 4.78 is 0. The first-order valence-electron chi connectivity index (χ1n) is 6.08. The maximum atomic E-state index is 6.00. The molecule has 0 aliphatic rings. The Bertz CT molecular complexity index is 555. The average molecular weight is 312 g/mol. The molecule has 1 unspecified atom stereocenters. The number of benzene rings is 2. The topological polar surface area (TPSA) is 26.0 Å². The van der Waals surface area contributed by atoms with E-state index in [0.717, 1.165) is 16.2 Å². The lowest BCUT2D eigenvalue weighted by atomic mass is 10.1. The largest absolute Gasteiger partial charge is 0.324 e. The second-order valence-electron chi connectivity index (χ2n) is 4.26. The lowest BCUT2D eigenvalue weighted by Gasteiger charge is -2.10. The monoisotopic (exact) mass is 311 g/mol. The zero-order valence-electron chi connectivity index (χ0n) is 10.6. The van der Waals surface area contributed by atoms with Crippen LogP contribution in [-0.4, -0.2) is 0 Å². The van der Waals surface area contributed by atoms with Crippen molar-refractivity contribution in [3.63, 3.8) is 0 Å². The first-order chi connectivity index (χ1) is 9.10. The summed E-state index contributed by atoms with van der Waals surface area (Å²) in [5.74, 6) is 0.